The zero-order valence-corrected chi connectivity index (χ0v) is 10.8. The van der Waals surface area contributed by atoms with Crippen molar-refractivity contribution in [2.24, 2.45) is 17.6 Å². The molecule has 0 heterocycles. The molecule has 0 bridgehead atoms. The second-order valence-corrected chi connectivity index (χ2v) is 5.09. The molecule has 16 heavy (non-hydrogen) atoms. The van der Waals surface area contributed by atoms with Gasteiger partial charge in [-0.05, 0) is 29.9 Å². The van der Waals surface area contributed by atoms with E-state index in [9.17, 15) is 4.39 Å². The highest BCUT2D eigenvalue weighted by molar-refractivity contribution is 6.30. The molecule has 2 N–H and O–H groups in total. The van der Waals surface area contributed by atoms with Crippen LogP contribution in [0.4, 0.5) is 4.39 Å². The molecule has 90 valence electrons. The van der Waals surface area contributed by atoms with Gasteiger partial charge in [-0.1, -0.05) is 44.5 Å². The molecule has 1 rings (SSSR count). The normalized spacial score (nSPS) is 15.2. The van der Waals surface area contributed by atoms with E-state index in [0.717, 1.165) is 0 Å². The molecule has 0 saturated carbocycles. The topological polar surface area (TPSA) is 26.0 Å². The summed E-state index contributed by atoms with van der Waals surface area (Å²) in [5.41, 5.74) is 6.66. The fraction of sp³-hybridized carbons (Fsp3) is 0.538. The van der Waals surface area contributed by atoms with Gasteiger partial charge >= 0.3 is 0 Å². The van der Waals surface area contributed by atoms with Crippen LogP contribution in [0.5, 0.6) is 0 Å². The minimum atomic E-state index is -0.337. The Morgan fingerprint density at radius 3 is 2.50 bits per heavy atom. The van der Waals surface area contributed by atoms with E-state index in [1.54, 1.807) is 18.2 Å². The third kappa shape index (κ3) is 3.19. The van der Waals surface area contributed by atoms with Gasteiger partial charge in [-0.2, -0.15) is 0 Å². The summed E-state index contributed by atoms with van der Waals surface area (Å²) < 4.78 is 13.6. The second-order valence-electron chi connectivity index (χ2n) is 4.68. The summed E-state index contributed by atoms with van der Waals surface area (Å²) in [6.07, 6.45) is 0.533. The fourth-order valence-corrected chi connectivity index (χ4v) is 1.83. The quantitative estimate of drug-likeness (QED) is 0.859. The van der Waals surface area contributed by atoms with E-state index in [0.29, 0.717) is 23.8 Å². The first-order chi connectivity index (χ1) is 7.43. The lowest BCUT2D eigenvalue weighted by Crippen LogP contribution is -2.33. The van der Waals surface area contributed by atoms with Gasteiger partial charge in [-0.3, -0.25) is 0 Å². The number of benzene rings is 1. The van der Waals surface area contributed by atoms with Gasteiger partial charge < -0.3 is 5.73 Å². The van der Waals surface area contributed by atoms with Gasteiger partial charge in [0.2, 0.25) is 0 Å². The molecule has 2 unspecified atom stereocenters. The summed E-state index contributed by atoms with van der Waals surface area (Å²) in [4.78, 5) is 0. The van der Waals surface area contributed by atoms with Crippen LogP contribution in [0.15, 0.2) is 18.2 Å². The van der Waals surface area contributed by atoms with Crippen LogP contribution in [0.1, 0.15) is 26.3 Å². The second kappa shape index (κ2) is 5.65. The zero-order chi connectivity index (χ0) is 12.3. The maximum Gasteiger partial charge on any atom is 0.145 e. The molecule has 0 aromatic heterocycles. The summed E-state index contributed by atoms with van der Waals surface area (Å²) in [6, 6.07) is 5.02. The number of halogens is 2. The Morgan fingerprint density at radius 1 is 1.31 bits per heavy atom. The van der Waals surface area contributed by atoms with Crippen LogP contribution in [-0.4, -0.2) is 6.04 Å². The predicted octanol–water partition coefficient (Wildman–Crippen LogP) is 3.64. The molecule has 0 spiro atoms. The Balaban J connectivity index is 2.77. The third-order valence-electron chi connectivity index (χ3n) is 3.21. The molecule has 0 radical (unpaired) electrons. The van der Waals surface area contributed by atoms with Crippen LogP contribution in [0, 0.1) is 17.7 Å². The van der Waals surface area contributed by atoms with E-state index in [1.807, 2.05) is 0 Å². The molecule has 2 atom stereocenters. The van der Waals surface area contributed by atoms with Gasteiger partial charge in [0.15, 0.2) is 0 Å². The van der Waals surface area contributed by atoms with Gasteiger partial charge in [0, 0.05) is 6.04 Å². The molecular weight excluding hydrogens is 225 g/mol. The summed E-state index contributed by atoms with van der Waals surface area (Å²) in [5, 5.41) is 0.168. The molecule has 0 amide bonds. The molecule has 0 saturated heterocycles. The largest absolute Gasteiger partial charge is 0.327 e. The Morgan fingerprint density at radius 2 is 1.94 bits per heavy atom. The van der Waals surface area contributed by atoms with Crippen molar-refractivity contribution in [1.29, 1.82) is 0 Å². The highest BCUT2D eigenvalue weighted by Gasteiger charge is 2.18. The van der Waals surface area contributed by atoms with Crippen LogP contribution in [0.3, 0.4) is 0 Å². The van der Waals surface area contributed by atoms with Gasteiger partial charge in [0.1, 0.15) is 5.82 Å². The molecule has 0 aliphatic carbocycles. The van der Waals surface area contributed by atoms with Crippen LogP contribution in [-0.2, 0) is 6.42 Å². The van der Waals surface area contributed by atoms with E-state index in [-0.39, 0.29) is 16.9 Å². The molecule has 1 nitrogen and oxygen atoms in total. The van der Waals surface area contributed by atoms with Crippen molar-refractivity contribution in [1.82, 2.24) is 0 Å². The minimum absolute atomic E-state index is 0.0343. The summed E-state index contributed by atoms with van der Waals surface area (Å²) in [5.74, 6) is 0.520. The Bertz CT molecular complexity index is 352. The van der Waals surface area contributed by atoms with Crippen molar-refractivity contribution in [3.63, 3.8) is 0 Å². The maximum absolute atomic E-state index is 13.6. The lowest BCUT2D eigenvalue weighted by molar-refractivity contribution is 0.342. The minimum Gasteiger partial charge on any atom is -0.327 e. The van der Waals surface area contributed by atoms with Crippen molar-refractivity contribution in [2.75, 3.05) is 0 Å². The number of nitrogens with two attached hydrogens (primary N) is 1. The fourth-order valence-electron chi connectivity index (χ4n) is 1.64. The standard InChI is InChI=1S/C13H19ClFN/c1-8(2)9(3)12(16)7-10-5-4-6-11(14)13(10)15/h4-6,8-9,12H,7,16H2,1-3H3. The summed E-state index contributed by atoms with van der Waals surface area (Å²) >= 11 is 5.72. The van der Waals surface area contributed by atoms with Crippen LogP contribution >= 0.6 is 11.6 Å². The van der Waals surface area contributed by atoms with E-state index in [4.69, 9.17) is 17.3 Å². The molecule has 0 aliphatic heterocycles. The Hall–Kier alpha value is -0.600. The zero-order valence-electron chi connectivity index (χ0n) is 10.0. The van der Waals surface area contributed by atoms with Crippen LogP contribution in [0.2, 0.25) is 5.02 Å². The number of hydrogen-bond acceptors (Lipinski definition) is 1. The predicted molar refractivity (Wildman–Crippen MR) is 67.1 cm³/mol. The van der Waals surface area contributed by atoms with Gasteiger partial charge in [0.05, 0.1) is 5.02 Å². The van der Waals surface area contributed by atoms with Gasteiger partial charge in [-0.25, -0.2) is 4.39 Å². The van der Waals surface area contributed by atoms with Crippen LogP contribution in [0.25, 0.3) is 0 Å². The molecule has 1 aromatic rings. The average Bonchev–Trinajstić information content (AvgIpc) is 2.23. The lowest BCUT2D eigenvalue weighted by Gasteiger charge is -2.23. The van der Waals surface area contributed by atoms with Crippen molar-refractivity contribution < 1.29 is 4.39 Å². The molecule has 3 heteroatoms. The van der Waals surface area contributed by atoms with Gasteiger partial charge in [-0.15, -0.1) is 0 Å². The summed E-state index contributed by atoms with van der Waals surface area (Å²) in [7, 11) is 0. The lowest BCUT2D eigenvalue weighted by atomic mass is 9.87. The van der Waals surface area contributed by atoms with E-state index >= 15 is 0 Å². The Kier molecular flexibility index (Phi) is 4.75. The summed E-state index contributed by atoms with van der Waals surface area (Å²) in [6.45, 7) is 6.34. The molecule has 0 aliphatic rings. The molecular formula is C13H19ClFN. The van der Waals surface area contributed by atoms with E-state index in [2.05, 4.69) is 20.8 Å². The van der Waals surface area contributed by atoms with Crippen molar-refractivity contribution in [3.05, 3.63) is 34.6 Å². The van der Waals surface area contributed by atoms with Crippen molar-refractivity contribution in [2.45, 2.75) is 33.2 Å². The Labute approximate surface area is 102 Å². The van der Waals surface area contributed by atoms with Crippen LogP contribution < -0.4 is 5.73 Å². The smallest absolute Gasteiger partial charge is 0.145 e. The highest BCUT2D eigenvalue weighted by atomic mass is 35.5. The van der Waals surface area contributed by atoms with Crippen molar-refractivity contribution >= 4 is 11.6 Å². The van der Waals surface area contributed by atoms with E-state index in [1.165, 1.54) is 0 Å². The molecule has 1 aromatic carbocycles. The third-order valence-corrected chi connectivity index (χ3v) is 3.51. The highest BCUT2D eigenvalue weighted by Crippen LogP contribution is 2.22. The van der Waals surface area contributed by atoms with Gasteiger partial charge in [0.25, 0.3) is 0 Å². The van der Waals surface area contributed by atoms with E-state index < -0.39 is 0 Å². The number of hydrogen-bond donors (Lipinski definition) is 1. The monoisotopic (exact) mass is 243 g/mol. The maximum atomic E-state index is 13.6. The first kappa shape index (κ1) is 13.5. The SMILES string of the molecule is CC(C)C(C)C(N)Cc1cccc(Cl)c1F. The number of rotatable bonds is 4. The molecule has 0 fully saturated rings. The first-order valence-electron chi connectivity index (χ1n) is 5.62. The van der Waals surface area contributed by atoms with Crippen molar-refractivity contribution in [3.8, 4) is 0 Å². The first-order valence-corrected chi connectivity index (χ1v) is 5.99. The average molecular weight is 244 g/mol.